The van der Waals surface area contributed by atoms with E-state index >= 15 is 0 Å². The van der Waals surface area contributed by atoms with Crippen molar-refractivity contribution in [2.45, 2.75) is 13.8 Å². The lowest BCUT2D eigenvalue weighted by molar-refractivity contribution is -0.384. The number of anilines is 1. The second-order valence-corrected chi connectivity index (χ2v) is 6.14. The first kappa shape index (κ1) is 18.1. The first-order chi connectivity index (χ1) is 12.8. The third kappa shape index (κ3) is 4.12. The van der Waals surface area contributed by atoms with Gasteiger partial charge >= 0.3 is 0 Å². The highest BCUT2D eigenvalue weighted by Gasteiger charge is 2.16. The van der Waals surface area contributed by atoms with Gasteiger partial charge in [0.25, 0.3) is 11.6 Å². The number of nitro groups is 1. The topological polar surface area (TPSA) is 99.3 Å². The summed E-state index contributed by atoms with van der Waals surface area (Å²) in [5.41, 5.74) is 2.31. The maximum Gasteiger partial charge on any atom is 0.275 e. The average molecular weight is 366 g/mol. The van der Waals surface area contributed by atoms with E-state index in [-0.39, 0.29) is 17.1 Å². The lowest BCUT2D eigenvalue weighted by Crippen LogP contribution is -2.16. The molecule has 1 N–H and O–H groups in total. The van der Waals surface area contributed by atoms with Crippen molar-refractivity contribution in [2.24, 2.45) is 7.05 Å². The number of amides is 1. The van der Waals surface area contributed by atoms with Crippen molar-refractivity contribution in [1.82, 2.24) is 9.78 Å². The Balaban J connectivity index is 1.93. The highest BCUT2D eigenvalue weighted by molar-refractivity contribution is 6.03. The van der Waals surface area contributed by atoms with E-state index in [1.165, 1.54) is 23.0 Å². The van der Waals surface area contributed by atoms with Crippen LogP contribution in [0, 0.1) is 24.0 Å². The van der Waals surface area contributed by atoms with Crippen molar-refractivity contribution in [3.05, 3.63) is 75.6 Å². The van der Waals surface area contributed by atoms with Crippen molar-refractivity contribution in [2.75, 3.05) is 5.32 Å². The molecule has 27 heavy (non-hydrogen) atoms. The summed E-state index contributed by atoms with van der Waals surface area (Å²) < 4.78 is 7.26. The van der Waals surface area contributed by atoms with Crippen LogP contribution < -0.4 is 10.1 Å². The number of aromatic nitrogens is 2. The maximum absolute atomic E-state index is 12.4. The summed E-state index contributed by atoms with van der Waals surface area (Å²) in [6.45, 7) is 3.82. The number of benzene rings is 2. The molecule has 0 saturated heterocycles. The Morgan fingerprint density at radius 3 is 2.63 bits per heavy atom. The molecule has 0 aliphatic carbocycles. The quantitative estimate of drug-likeness (QED) is 0.544. The van der Waals surface area contributed by atoms with Crippen LogP contribution in [0.1, 0.15) is 21.6 Å². The van der Waals surface area contributed by atoms with Crippen LogP contribution in [0.15, 0.2) is 48.7 Å². The zero-order chi connectivity index (χ0) is 19.6. The van der Waals surface area contributed by atoms with Crippen LogP contribution in [-0.4, -0.2) is 20.6 Å². The smallest absolute Gasteiger partial charge is 0.275 e. The molecule has 2 aromatic carbocycles. The van der Waals surface area contributed by atoms with E-state index < -0.39 is 10.8 Å². The minimum atomic E-state index is -0.532. The average Bonchev–Trinajstić information content (AvgIpc) is 3.04. The van der Waals surface area contributed by atoms with Crippen molar-refractivity contribution in [3.63, 3.8) is 0 Å². The van der Waals surface area contributed by atoms with E-state index in [4.69, 9.17) is 4.74 Å². The van der Waals surface area contributed by atoms with E-state index in [2.05, 4.69) is 10.4 Å². The van der Waals surface area contributed by atoms with Gasteiger partial charge in [0, 0.05) is 25.4 Å². The lowest BCUT2D eigenvalue weighted by atomic mass is 10.1. The van der Waals surface area contributed by atoms with Crippen molar-refractivity contribution < 1.29 is 14.5 Å². The van der Waals surface area contributed by atoms with E-state index in [9.17, 15) is 14.9 Å². The Labute approximate surface area is 155 Å². The molecule has 8 heteroatoms. The molecule has 0 bridgehead atoms. The molecule has 0 aliphatic rings. The van der Waals surface area contributed by atoms with Crippen molar-refractivity contribution >= 4 is 17.3 Å². The van der Waals surface area contributed by atoms with Gasteiger partial charge in [-0.05, 0) is 37.1 Å². The number of aryl methyl sites for hydroxylation is 3. The van der Waals surface area contributed by atoms with Crippen LogP contribution in [0.3, 0.4) is 0 Å². The molecule has 3 aromatic rings. The number of nitrogens with zero attached hydrogens (tertiary/aromatic N) is 3. The number of nitro benzene ring substituents is 1. The molecular formula is C19H18N4O4. The summed E-state index contributed by atoms with van der Waals surface area (Å²) in [7, 11) is 1.64. The SMILES string of the molecule is Cc1ccc(C)c(Oc2cc(NC(=O)c3ccnn3C)cc([N+](=O)[O-])c2)c1. The molecule has 1 aromatic heterocycles. The number of hydrogen-bond acceptors (Lipinski definition) is 5. The summed E-state index contributed by atoms with van der Waals surface area (Å²) in [5.74, 6) is 0.436. The van der Waals surface area contributed by atoms with Gasteiger partial charge in [0.15, 0.2) is 0 Å². The molecule has 1 heterocycles. The fourth-order valence-corrected chi connectivity index (χ4v) is 2.56. The summed E-state index contributed by atoms with van der Waals surface area (Å²) in [4.78, 5) is 23.1. The minimum absolute atomic E-state index is 0.182. The second kappa shape index (κ2) is 7.28. The van der Waals surface area contributed by atoms with Crippen molar-refractivity contribution in [1.29, 1.82) is 0 Å². The highest BCUT2D eigenvalue weighted by Crippen LogP contribution is 2.31. The second-order valence-electron chi connectivity index (χ2n) is 6.14. The molecule has 0 saturated carbocycles. The number of non-ortho nitro benzene ring substituents is 1. The van der Waals surface area contributed by atoms with Gasteiger partial charge in [-0.3, -0.25) is 19.6 Å². The Morgan fingerprint density at radius 2 is 1.96 bits per heavy atom. The Kier molecular flexibility index (Phi) is 4.89. The zero-order valence-electron chi connectivity index (χ0n) is 15.1. The number of nitrogens with one attached hydrogen (secondary N) is 1. The van der Waals surface area contributed by atoms with Crippen LogP contribution in [0.25, 0.3) is 0 Å². The van der Waals surface area contributed by atoms with E-state index in [1.54, 1.807) is 19.2 Å². The standard InChI is InChI=1S/C19H18N4O4/c1-12-4-5-13(2)18(8-12)27-16-10-14(9-15(11-16)23(25)26)21-19(24)17-6-7-20-22(17)3/h4-11H,1-3H3,(H,21,24). The fraction of sp³-hybridized carbons (Fsp3) is 0.158. The largest absolute Gasteiger partial charge is 0.457 e. The molecular weight excluding hydrogens is 348 g/mol. The normalized spacial score (nSPS) is 10.5. The monoisotopic (exact) mass is 366 g/mol. The van der Waals surface area contributed by atoms with Crippen molar-refractivity contribution in [3.8, 4) is 11.5 Å². The number of ether oxygens (including phenoxy) is 1. The first-order valence-corrected chi connectivity index (χ1v) is 8.17. The lowest BCUT2D eigenvalue weighted by Gasteiger charge is -2.12. The summed E-state index contributed by atoms with van der Waals surface area (Å²) >= 11 is 0. The van der Waals surface area contributed by atoms with Crippen LogP contribution in [0.5, 0.6) is 11.5 Å². The number of carbonyl (C=O) groups is 1. The van der Waals surface area contributed by atoms with Gasteiger partial charge in [0.1, 0.15) is 17.2 Å². The maximum atomic E-state index is 12.4. The van der Waals surface area contributed by atoms with Gasteiger partial charge in [-0.2, -0.15) is 5.10 Å². The number of carbonyl (C=O) groups excluding carboxylic acids is 1. The van der Waals surface area contributed by atoms with Crippen LogP contribution in [-0.2, 0) is 7.05 Å². The summed E-state index contributed by atoms with van der Waals surface area (Å²) in [6, 6.07) is 11.4. The van der Waals surface area contributed by atoms with Gasteiger partial charge in [0.2, 0.25) is 0 Å². The molecule has 138 valence electrons. The van der Waals surface area contributed by atoms with E-state index in [0.717, 1.165) is 11.1 Å². The fourth-order valence-electron chi connectivity index (χ4n) is 2.56. The van der Waals surface area contributed by atoms with Gasteiger partial charge in [0.05, 0.1) is 16.7 Å². The van der Waals surface area contributed by atoms with Gasteiger partial charge in [-0.15, -0.1) is 0 Å². The summed E-state index contributed by atoms with van der Waals surface area (Å²) in [6.07, 6.45) is 1.50. The summed E-state index contributed by atoms with van der Waals surface area (Å²) in [5, 5.41) is 17.9. The number of rotatable bonds is 5. The minimum Gasteiger partial charge on any atom is -0.457 e. The van der Waals surface area contributed by atoms with Crippen LogP contribution in [0.4, 0.5) is 11.4 Å². The molecule has 1 amide bonds. The zero-order valence-corrected chi connectivity index (χ0v) is 15.1. The Hall–Kier alpha value is -3.68. The van der Waals surface area contributed by atoms with E-state index in [1.807, 2.05) is 32.0 Å². The third-order valence-electron chi connectivity index (χ3n) is 3.98. The molecule has 8 nitrogen and oxygen atoms in total. The molecule has 0 unspecified atom stereocenters. The molecule has 0 radical (unpaired) electrons. The Bertz CT molecular complexity index is 1030. The molecule has 0 atom stereocenters. The third-order valence-corrected chi connectivity index (χ3v) is 3.98. The highest BCUT2D eigenvalue weighted by atomic mass is 16.6. The van der Waals surface area contributed by atoms with Gasteiger partial charge in [-0.1, -0.05) is 12.1 Å². The first-order valence-electron chi connectivity index (χ1n) is 8.17. The van der Waals surface area contributed by atoms with Crippen LogP contribution in [0.2, 0.25) is 0 Å². The molecule has 0 fully saturated rings. The van der Waals surface area contributed by atoms with Crippen LogP contribution >= 0.6 is 0 Å². The molecule has 0 aliphatic heterocycles. The molecule has 0 spiro atoms. The molecule has 3 rings (SSSR count). The van der Waals surface area contributed by atoms with E-state index in [0.29, 0.717) is 11.4 Å². The Morgan fingerprint density at radius 1 is 1.19 bits per heavy atom. The van der Waals surface area contributed by atoms with Gasteiger partial charge < -0.3 is 10.1 Å². The predicted octanol–water partition coefficient (Wildman–Crippen LogP) is 3.99. The van der Waals surface area contributed by atoms with Gasteiger partial charge in [-0.25, -0.2) is 0 Å². The predicted molar refractivity (Wildman–Crippen MR) is 100 cm³/mol. The number of hydrogen-bond donors (Lipinski definition) is 1.